The number of fused-ring (bicyclic) bond motifs is 2. The lowest BCUT2D eigenvalue weighted by Gasteiger charge is -2.17. The summed E-state index contributed by atoms with van der Waals surface area (Å²) in [5.41, 5.74) is 23.0. The van der Waals surface area contributed by atoms with Gasteiger partial charge in [0.2, 0.25) is 0 Å². The van der Waals surface area contributed by atoms with E-state index in [1.54, 1.807) is 12.1 Å². The molecule has 220 valence electrons. The molecule has 8 nitrogen and oxygen atoms in total. The van der Waals surface area contributed by atoms with Crippen LogP contribution in [0.4, 0.5) is 11.4 Å². The van der Waals surface area contributed by atoms with Crippen molar-refractivity contribution in [3.05, 3.63) is 130 Å². The first-order chi connectivity index (χ1) is 21.4. The van der Waals surface area contributed by atoms with E-state index >= 15 is 0 Å². The van der Waals surface area contributed by atoms with Gasteiger partial charge in [-0.05, 0) is 95.5 Å². The molecule has 2 aromatic carbocycles. The second-order valence-corrected chi connectivity index (χ2v) is 10.8. The molecular weight excluding hydrogens is 552 g/mol. The Labute approximate surface area is 255 Å². The number of carbonyl (C=O) groups is 2. The first-order valence-corrected chi connectivity index (χ1v) is 14.5. The van der Waals surface area contributed by atoms with Crippen molar-refractivity contribution in [2.75, 3.05) is 11.5 Å². The first kappa shape index (κ1) is 28.6. The second kappa shape index (κ2) is 12.8. The standard InChI is InChI=1S/C36H32N4O4/c37-29-17-31(39-33(19-29)27-11-9-23-5-1-3-7-25(23)15-27)21-43-35(41)13-14-36(42)44-22-32-18-30(38)20-34(40-32)28-12-10-24-6-2-4-8-26(24)16-28/h1-8,13-20H,9-12,21-22H2,(H2,37,39)(H2,38,40)/b14-13+. The number of benzene rings is 2. The highest BCUT2D eigenvalue weighted by Crippen LogP contribution is 2.31. The molecule has 0 unspecified atom stereocenters. The summed E-state index contributed by atoms with van der Waals surface area (Å²) in [6, 6.07) is 23.5. The fourth-order valence-electron chi connectivity index (χ4n) is 5.49. The van der Waals surface area contributed by atoms with Gasteiger partial charge < -0.3 is 20.9 Å². The Hall–Kier alpha value is -5.50. The Morgan fingerprint density at radius 2 is 1.07 bits per heavy atom. The fraction of sp³-hybridized carbons (Fsp3) is 0.167. The van der Waals surface area contributed by atoms with Crippen LogP contribution in [0.25, 0.3) is 23.3 Å². The molecule has 4 aromatic rings. The summed E-state index contributed by atoms with van der Waals surface area (Å²) in [5.74, 6) is -1.40. The van der Waals surface area contributed by atoms with Crippen LogP contribution in [0.2, 0.25) is 0 Å². The van der Waals surface area contributed by atoms with Crippen molar-refractivity contribution in [2.45, 2.75) is 38.9 Å². The molecule has 8 heteroatoms. The molecule has 6 rings (SSSR count). The Morgan fingerprint density at radius 1 is 0.636 bits per heavy atom. The number of hydrogen-bond acceptors (Lipinski definition) is 8. The predicted octanol–water partition coefficient (Wildman–Crippen LogP) is 5.96. The lowest BCUT2D eigenvalue weighted by atomic mass is 9.90. The Morgan fingerprint density at radius 3 is 1.52 bits per heavy atom. The zero-order chi connectivity index (χ0) is 30.5. The summed E-state index contributed by atoms with van der Waals surface area (Å²) < 4.78 is 10.6. The summed E-state index contributed by atoms with van der Waals surface area (Å²) in [4.78, 5) is 34.0. The van der Waals surface area contributed by atoms with Gasteiger partial charge >= 0.3 is 11.9 Å². The first-order valence-electron chi connectivity index (χ1n) is 14.5. The van der Waals surface area contributed by atoms with Gasteiger partial charge in [-0.25, -0.2) is 19.6 Å². The number of nitrogen functional groups attached to an aromatic ring is 2. The number of aromatic nitrogens is 2. The summed E-state index contributed by atoms with van der Waals surface area (Å²) in [5, 5.41) is 0. The van der Waals surface area contributed by atoms with Crippen LogP contribution < -0.4 is 11.5 Å². The van der Waals surface area contributed by atoms with Gasteiger partial charge in [-0.1, -0.05) is 48.5 Å². The fourth-order valence-corrected chi connectivity index (χ4v) is 5.49. The number of esters is 2. The minimum absolute atomic E-state index is 0.0869. The van der Waals surface area contributed by atoms with E-state index in [4.69, 9.17) is 20.9 Å². The number of nitrogens with two attached hydrogens (primary N) is 2. The number of anilines is 2. The lowest BCUT2D eigenvalue weighted by molar-refractivity contribution is -0.141. The van der Waals surface area contributed by atoms with E-state index < -0.39 is 11.9 Å². The molecule has 0 bridgehead atoms. The van der Waals surface area contributed by atoms with Crippen LogP contribution in [0.3, 0.4) is 0 Å². The number of carbonyl (C=O) groups excluding carboxylic acids is 2. The number of ether oxygens (including phenoxy) is 2. The van der Waals surface area contributed by atoms with Gasteiger partial charge in [-0.3, -0.25) is 0 Å². The summed E-state index contributed by atoms with van der Waals surface area (Å²) in [6.45, 7) is -0.174. The Kier molecular flexibility index (Phi) is 8.32. The monoisotopic (exact) mass is 584 g/mol. The zero-order valence-electron chi connectivity index (χ0n) is 24.2. The molecule has 0 amide bonds. The highest BCUT2D eigenvalue weighted by Gasteiger charge is 2.16. The minimum atomic E-state index is -0.701. The largest absolute Gasteiger partial charge is 0.456 e. The van der Waals surface area contributed by atoms with Gasteiger partial charge in [0, 0.05) is 23.5 Å². The number of rotatable bonds is 8. The van der Waals surface area contributed by atoms with Gasteiger partial charge in [-0.2, -0.15) is 0 Å². The number of aryl methyl sites for hydroxylation is 2. The van der Waals surface area contributed by atoms with E-state index in [-0.39, 0.29) is 13.2 Å². The maximum Gasteiger partial charge on any atom is 0.331 e. The average molecular weight is 585 g/mol. The van der Waals surface area contributed by atoms with Crippen molar-refractivity contribution in [2.24, 2.45) is 0 Å². The smallest absolute Gasteiger partial charge is 0.331 e. The molecule has 4 N–H and O–H groups in total. The topological polar surface area (TPSA) is 130 Å². The normalized spacial score (nSPS) is 13.8. The summed E-state index contributed by atoms with van der Waals surface area (Å²) in [6.07, 6.45) is 9.83. The number of pyridine rings is 2. The van der Waals surface area contributed by atoms with Crippen molar-refractivity contribution in [3.8, 4) is 0 Å². The van der Waals surface area contributed by atoms with E-state index in [1.807, 2.05) is 36.4 Å². The van der Waals surface area contributed by atoms with Crippen LogP contribution in [0.1, 0.15) is 57.9 Å². The molecule has 0 radical (unpaired) electrons. The average Bonchev–Trinajstić information content (AvgIpc) is 3.04. The number of hydrogen-bond donors (Lipinski definition) is 2. The van der Waals surface area contributed by atoms with E-state index in [0.29, 0.717) is 22.8 Å². The Bertz CT molecular complexity index is 1710. The molecule has 0 aliphatic heterocycles. The van der Waals surface area contributed by atoms with Gasteiger partial charge in [-0.15, -0.1) is 0 Å². The van der Waals surface area contributed by atoms with Crippen LogP contribution in [0.5, 0.6) is 0 Å². The molecule has 44 heavy (non-hydrogen) atoms. The van der Waals surface area contributed by atoms with Crippen LogP contribution in [0.15, 0.2) is 84.9 Å². The molecule has 0 spiro atoms. The lowest BCUT2D eigenvalue weighted by Crippen LogP contribution is -2.08. The molecule has 0 saturated heterocycles. The minimum Gasteiger partial charge on any atom is -0.456 e. The maximum atomic E-state index is 12.3. The quantitative estimate of drug-likeness (QED) is 0.192. The third-order valence-corrected chi connectivity index (χ3v) is 7.64. The highest BCUT2D eigenvalue weighted by molar-refractivity contribution is 5.91. The van der Waals surface area contributed by atoms with Gasteiger partial charge in [0.15, 0.2) is 0 Å². The third-order valence-electron chi connectivity index (χ3n) is 7.64. The third kappa shape index (κ3) is 6.93. The number of nitrogens with zero attached hydrogens (tertiary/aromatic N) is 2. The van der Waals surface area contributed by atoms with Crippen LogP contribution in [-0.4, -0.2) is 21.9 Å². The predicted molar refractivity (Wildman–Crippen MR) is 171 cm³/mol. The molecule has 2 heterocycles. The van der Waals surface area contributed by atoms with E-state index in [0.717, 1.165) is 60.4 Å². The van der Waals surface area contributed by atoms with Crippen LogP contribution in [-0.2, 0) is 45.1 Å². The Balaban J connectivity index is 1.03. The summed E-state index contributed by atoms with van der Waals surface area (Å²) in [7, 11) is 0. The zero-order valence-corrected chi connectivity index (χ0v) is 24.2. The van der Waals surface area contributed by atoms with Crippen molar-refractivity contribution in [1.29, 1.82) is 0 Å². The number of allylic oxidation sites excluding steroid dienone is 2. The van der Waals surface area contributed by atoms with Crippen LogP contribution >= 0.6 is 0 Å². The highest BCUT2D eigenvalue weighted by atomic mass is 16.5. The van der Waals surface area contributed by atoms with Crippen molar-refractivity contribution in [3.63, 3.8) is 0 Å². The molecule has 2 aliphatic rings. The van der Waals surface area contributed by atoms with E-state index in [1.165, 1.54) is 22.3 Å². The summed E-state index contributed by atoms with van der Waals surface area (Å²) >= 11 is 0. The molecular formula is C36H32N4O4. The molecule has 2 aliphatic carbocycles. The van der Waals surface area contributed by atoms with Gasteiger partial charge in [0.25, 0.3) is 0 Å². The maximum absolute atomic E-state index is 12.3. The van der Waals surface area contributed by atoms with Crippen molar-refractivity contribution >= 4 is 46.6 Å². The van der Waals surface area contributed by atoms with Crippen LogP contribution in [0, 0.1) is 0 Å². The molecule has 0 saturated carbocycles. The molecule has 0 atom stereocenters. The molecule has 2 aromatic heterocycles. The van der Waals surface area contributed by atoms with Crippen molar-refractivity contribution in [1.82, 2.24) is 9.97 Å². The van der Waals surface area contributed by atoms with Gasteiger partial charge in [0.1, 0.15) is 13.2 Å². The van der Waals surface area contributed by atoms with E-state index in [2.05, 4.69) is 46.4 Å². The molecule has 0 fully saturated rings. The van der Waals surface area contributed by atoms with E-state index in [9.17, 15) is 9.59 Å². The van der Waals surface area contributed by atoms with Crippen molar-refractivity contribution < 1.29 is 19.1 Å². The van der Waals surface area contributed by atoms with Gasteiger partial charge in [0.05, 0.1) is 22.8 Å². The SMILES string of the molecule is Nc1cc(COC(=O)/C=C/C(=O)OCc2cc(N)cc(C3=Cc4ccccc4CC3)n2)nc(C2=Cc3ccccc3CC2)c1. The second-order valence-electron chi connectivity index (χ2n) is 10.8.